The topological polar surface area (TPSA) is 75.8 Å². The smallest absolute Gasteiger partial charge is 0.213 e. The highest BCUT2D eigenvalue weighted by molar-refractivity contribution is 5.75. The van der Waals surface area contributed by atoms with Crippen molar-refractivity contribution in [1.82, 2.24) is 4.98 Å². The van der Waals surface area contributed by atoms with Crippen molar-refractivity contribution in [2.45, 2.75) is 53.1 Å². The molecule has 1 aromatic heterocycles. The maximum Gasteiger partial charge on any atom is 0.213 e. The highest BCUT2D eigenvalue weighted by Gasteiger charge is 2.33. The Hall–Kier alpha value is -3.09. The van der Waals surface area contributed by atoms with Gasteiger partial charge in [0.1, 0.15) is 25.1 Å². The molecule has 0 amide bonds. The first-order valence-corrected chi connectivity index (χ1v) is 11.2. The SMILES string of the molecule is Cc1cc(OC[C@H]2COC(C)(C)O2)cc(C)c1-c1cccc(COc2ccc(N)cn2)c1C. The van der Waals surface area contributed by atoms with E-state index in [2.05, 4.69) is 56.1 Å². The number of aromatic nitrogens is 1. The standard InChI is InChI=1S/C27H32N2O4/c1-17-11-22(30-15-23-16-32-27(4,5)33-23)12-18(2)26(17)24-8-6-7-20(19(24)3)14-31-25-10-9-21(28)13-29-25/h6-13,23H,14-16,28H2,1-5H3/t23-/m0/s1. The third kappa shape index (κ3) is 5.46. The van der Waals surface area contributed by atoms with Crippen LogP contribution >= 0.6 is 0 Å². The molecule has 174 valence electrons. The van der Waals surface area contributed by atoms with Gasteiger partial charge in [-0.3, -0.25) is 0 Å². The summed E-state index contributed by atoms with van der Waals surface area (Å²) in [5.74, 6) is 0.858. The lowest BCUT2D eigenvalue weighted by Gasteiger charge is -2.19. The molecule has 3 aromatic rings. The first kappa shape index (κ1) is 23.1. The van der Waals surface area contributed by atoms with Crippen LogP contribution in [-0.4, -0.2) is 30.1 Å². The van der Waals surface area contributed by atoms with Crippen molar-refractivity contribution in [3.63, 3.8) is 0 Å². The van der Waals surface area contributed by atoms with Crippen LogP contribution in [0.25, 0.3) is 11.1 Å². The molecule has 0 unspecified atom stereocenters. The van der Waals surface area contributed by atoms with E-state index in [1.807, 2.05) is 13.8 Å². The quantitative estimate of drug-likeness (QED) is 0.524. The molecule has 33 heavy (non-hydrogen) atoms. The largest absolute Gasteiger partial charge is 0.491 e. The zero-order valence-electron chi connectivity index (χ0n) is 20.0. The summed E-state index contributed by atoms with van der Waals surface area (Å²) >= 11 is 0. The number of benzene rings is 2. The first-order valence-electron chi connectivity index (χ1n) is 11.2. The number of ether oxygens (including phenoxy) is 4. The van der Waals surface area contributed by atoms with Crippen LogP contribution in [0.4, 0.5) is 5.69 Å². The number of hydrogen-bond acceptors (Lipinski definition) is 6. The molecule has 0 spiro atoms. The Morgan fingerprint density at radius 2 is 1.82 bits per heavy atom. The first-order chi connectivity index (χ1) is 15.7. The van der Waals surface area contributed by atoms with E-state index in [4.69, 9.17) is 24.7 Å². The summed E-state index contributed by atoms with van der Waals surface area (Å²) in [5, 5.41) is 0. The Morgan fingerprint density at radius 1 is 1.06 bits per heavy atom. The van der Waals surface area contributed by atoms with Crippen LogP contribution < -0.4 is 15.2 Å². The number of nitrogen functional groups attached to an aromatic ring is 1. The predicted molar refractivity (Wildman–Crippen MR) is 129 cm³/mol. The van der Waals surface area contributed by atoms with Gasteiger partial charge in [-0.15, -0.1) is 0 Å². The third-order valence-corrected chi connectivity index (χ3v) is 5.86. The van der Waals surface area contributed by atoms with Gasteiger partial charge >= 0.3 is 0 Å². The van der Waals surface area contributed by atoms with Crippen molar-refractivity contribution < 1.29 is 18.9 Å². The summed E-state index contributed by atoms with van der Waals surface area (Å²) in [6.45, 7) is 11.7. The fourth-order valence-electron chi connectivity index (χ4n) is 4.21. The van der Waals surface area contributed by atoms with Crippen LogP contribution in [0.3, 0.4) is 0 Å². The molecule has 0 aliphatic carbocycles. The summed E-state index contributed by atoms with van der Waals surface area (Å²) < 4.78 is 23.4. The molecular formula is C27H32N2O4. The van der Waals surface area contributed by atoms with E-state index < -0.39 is 5.79 Å². The maximum atomic E-state index is 6.04. The van der Waals surface area contributed by atoms with Crippen molar-refractivity contribution in [3.8, 4) is 22.8 Å². The van der Waals surface area contributed by atoms with Crippen molar-refractivity contribution in [2.75, 3.05) is 18.9 Å². The Morgan fingerprint density at radius 3 is 2.45 bits per heavy atom. The second-order valence-corrected chi connectivity index (χ2v) is 9.00. The number of aryl methyl sites for hydroxylation is 2. The normalized spacial score (nSPS) is 17.2. The van der Waals surface area contributed by atoms with Gasteiger partial charge in [0.15, 0.2) is 5.79 Å². The van der Waals surface area contributed by atoms with Crippen molar-refractivity contribution in [1.29, 1.82) is 0 Å². The Bertz CT molecular complexity index is 1100. The van der Waals surface area contributed by atoms with Gasteiger partial charge in [-0.2, -0.15) is 0 Å². The Balaban J connectivity index is 1.50. The average molecular weight is 449 g/mol. The van der Waals surface area contributed by atoms with Crippen LogP contribution in [0, 0.1) is 20.8 Å². The summed E-state index contributed by atoms with van der Waals surface area (Å²) in [6.07, 6.45) is 1.54. The van der Waals surface area contributed by atoms with Crippen LogP contribution in [0.2, 0.25) is 0 Å². The Kier molecular flexibility index (Phi) is 6.58. The van der Waals surface area contributed by atoms with E-state index in [9.17, 15) is 0 Å². The fraction of sp³-hybridized carbons (Fsp3) is 0.370. The third-order valence-electron chi connectivity index (χ3n) is 5.86. The highest BCUT2D eigenvalue weighted by atomic mass is 16.7. The van der Waals surface area contributed by atoms with Crippen LogP contribution in [0.15, 0.2) is 48.7 Å². The van der Waals surface area contributed by atoms with Crippen molar-refractivity contribution in [2.24, 2.45) is 0 Å². The van der Waals surface area contributed by atoms with Gasteiger partial charge < -0.3 is 24.7 Å². The monoisotopic (exact) mass is 448 g/mol. The zero-order valence-corrected chi connectivity index (χ0v) is 20.0. The minimum atomic E-state index is -0.542. The molecule has 2 heterocycles. The van der Waals surface area contributed by atoms with Crippen LogP contribution in [-0.2, 0) is 16.1 Å². The number of rotatable bonds is 7. The summed E-state index contributed by atoms with van der Waals surface area (Å²) in [5.41, 5.74) is 13.4. The van der Waals surface area contributed by atoms with Gasteiger partial charge in [0.25, 0.3) is 0 Å². The molecule has 4 rings (SSSR count). The molecule has 6 heteroatoms. The highest BCUT2D eigenvalue weighted by Crippen LogP contribution is 2.34. The van der Waals surface area contributed by atoms with Gasteiger partial charge in [-0.1, -0.05) is 18.2 Å². The number of nitrogens with zero attached hydrogens (tertiary/aromatic N) is 1. The molecule has 6 nitrogen and oxygen atoms in total. The molecular weight excluding hydrogens is 416 g/mol. The van der Waals surface area contributed by atoms with Crippen molar-refractivity contribution in [3.05, 3.63) is 70.9 Å². The van der Waals surface area contributed by atoms with Gasteiger partial charge in [0, 0.05) is 6.07 Å². The molecule has 1 aliphatic rings. The molecule has 2 aromatic carbocycles. The molecule has 1 saturated heterocycles. The molecule has 1 fully saturated rings. The van der Waals surface area contributed by atoms with Crippen LogP contribution in [0.5, 0.6) is 11.6 Å². The molecule has 0 radical (unpaired) electrons. The van der Waals surface area contributed by atoms with Gasteiger partial charge in [-0.25, -0.2) is 4.98 Å². The zero-order chi connectivity index (χ0) is 23.6. The fourth-order valence-corrected chi connectivity index (χ4v) is 4.21. The molecule has 0 saturated carbocycles. The lowest BCUT2D eigenvalue weighted by molar-refractivity contribution is -0.141. The minimum absolute atomic E-state index is 0.0604. The molecule has 1 aliphatic heterocycles. The van der Waals surface area contributed by atoms with Crippen LogP contribution in [0.1, 0.15) is 36.1 Å². The van der Waals surface area contributed by atoms with E-state index in [0.717, 1.165) is 22.4 Å². The second-order valence-electron chi connectivity index (χ2n) is 9.00. The molecule has 0 bridgehead atoms. The predicted octanol–water partition coefficient (Wildman–Crippen LogP) is 5.37. The minimum Gasteiger partial charge on any atom is -0.491 e. The average Bonchev–Trinajstić information content (AvgIpc) is 3.12. The van der Waals surface area contributed by atoms with Crippen molar-refractivity contribution >= 4 is 5.69 Å². The summed E-state index contributed by atoms with van der Waals surface area (Å²) in [4.78, 5) is 4.22. The maximum absolute atomic E-state index is 6.04. The lowest BCUT2D eigenvalue weighted by Crippen LogP contribution is -2.25. The van der Waals surface area contributed by atoms with E-state index >= 15 is 0 Å². The van der Waals surface area contributed by atoms with Gasteiger partial charge in [-0.05, 0) is 86.2 Å². The van der Waals surface area contributed by atoms with Gasteiger partial charge in [0.2, 0.25) is 5.88 Å². The Labute approximate surface area is 195 Å². The van der Waals surface area contributed by atoms with E-state index in [1.54, 1.807) is 18.3 Å². The number of hydrogen-bond donors (Lipinski definition) is 1. The number of anilines is 1. The number of nitrogens with two attached hydrogens (primary N) is 1. The second kappa shape index (κ2) is 9.41. The van der Waals surface area contributed by atoms with E-state index in [-0.39, 0.29) is 6.10 Å². The van der Waals surface area contributed by atoms with E-state index in [1.165, 1.54) is 16.7 Å². The van der Waals surface area contributed by atoms with E-state index in [0.29, 0.717) is 31.4 Å². The molecule has 1 atom stereocenters. The lowest BCUT2D eigenvalue weighted by atomic mass is 9.90. The summed E-state index contributed by atoms with van der Waals surface area (Å²) in [7, 11) is 0. The van der Waals surface area contributed by atoms with Gasteiger partial charge in [0.05, 0.1) is 18.5 Å². The molecule has 2 N–H and O–H groups in total. The summed E-state index contributed by atoms with van der Waals surface area (Å²) in [6, 6.07) is 14.1. The number of pyridine rings is 1.